The molecular formula is C19H17N3O5S2. The van der Waals surface area contributed by atoms with Crippen LogP contribution in [0.15, 0.2) is 58.9 Å². The number of hydrogen-bond donors (Lipinski definition) is 1. The quantitative estimate of drug-likeness (QED) is 0.635. The van der Waals surface area contributed by atoms with Gasteiger partial charge in [0.05, 0.1) is 15.1 Å². The highest BCUT2D eigenvalue weighted by molar-refractivity contribution is 7.89. The molecule has 0 atom stereocenters. The van der Waals surface area contributed by atoms with Gasteiger partial charge in [0, 0.05) is 12.1 Å². The average Bonchev–Trinajstić information content (AvgIpc) is 3.03. The molecule has 1 amide bonds. The van der Waals surface area contributed by atoms with Gasteiger partial charge in [-0.3, -0.25) is 4.79 Å². The first-order valence-corrected chi connectivity index (χ1v) is 11.0. The maximum absolute atomic E-state index is 12.7. The highest BCUT2D eigenvalue weighted by Gasteiger charge is 2.16. The van der Waals surface area contributed by atoms with E-state index in [1.807, 2.05) is 0 Å². The van der Waals surface area contributed by atoms with Crippen LogP contribution < -0.4 is 19.4 Å². The van der Waals surface area contributed by atoms with E-state index in [1.165, 1.54) is 23.5 Å². The van der Waals surface area contributed by atoms with Gasteiger partial charge in [-0.25, -0.2) is 13.6 Å². The van der Waals surface area contributed by atoms with Crippen LogP contribution in [0.5, 0.6) is 11.5 Å². The summed E-state index contributed by atoms with van der Waals surface area (Å²) in [5.74, 6) is 0.648. The molecule has 29 heavy (non-hydrogen) atoms. The zero-order valence-corrected chi connectivity index (χ0v) is 16.8. The smallest absolute Gasteiger partial charge is 0.279 e. The SMILES string of the molecule is C=CCn1c(=NC(=O)c2ccc3c(c2)OCCO3)sc2cc(S(N)(=O)=O)ccc21. The maximum atomic E-state index is 12.7. The minimum atomic E-state index is -3.83. The van der Waals surface area contributed by atoms with Gasteiger partial charge in [0.2, 0.25) is 10.0 Å². The molecule has 1 aliphatic rings. The van der Waals surface area contributed by atoms with E-state index in [4.69, 9.17) is 14.6 Å². The van der Waals surface area contributed by atoms with Gasteiger partial charge in [-0.2, -0.15) is 4.99 Å². The number of amides is 1. The second-order valence-corrected chi connectivity index (χ2v) is 8.80. The van der Waals surface area contributed by atoms with Gasteiger partial charge in [0.1, 0.15) is 13.2 Å². The van der Waals surface area contributed by atoms with E-state index in [0.29, 0.717) is 46.3 Å². The molecule has 0 bridgehead atoms. The predicted octanol–water partition coefficient (Wildman–Crippen LogP) is 2.05. The number of nitrogens with two attached hydrogens (primary N) is 1. The number of carbonyl (C=O) groups excluding carboxylic acids is 1. The van der Waals surface area contributed by atoms with Crippen molar-refractivity contribution in [2.75, 3.05) is 13.2 Å². The maximum Gasteiger partial charge on any atom is 0.279 e. The topological polar surface area (TPSA) is 113 Å². The summed E-state index contributed by atoms with van der Waals surface area (Å²) in [6, 6.07) is 9.45. The van der Waals surface area contributed by atoms with E-state index in [9.17, 15) is 13.2 Å². The fourth-order valence-electron chi connectivity index (χ4n) is 2.95. The first-order chi connectivity index (χ1) is 13.9. The molecule has 1 aliphatic heterocycles. The lowest BCUT2D eigenvalue weighted by molar-refractivity contribution is 0.0996. The van der Waals surface area contributed by atoms with Crippen LogP contribution in [0.25, 0.3) is 10.2 Å². The average molecular weight is 431 g/mol. The van der Waals surface area contributed by atoms with Crippen LogP contribution in [0.2, 0.25) is 0 Å². The van der Waals surface area contributed by atoms with Crippen molar-refractivity contribution in [2.24, 2.45) is 10.1 Å². The fraction of sp³-hybridized carbons (Fsp3) is 0.158. The van der Waals surface area contributed by atoms with Gasteiger partial charge >= 0.3 is 0 Å². The number of aromatic nitrogens is 1. The van der Waals surface area contributed by atoms with Crippen molar-refractivity contribution < 1.29 is 22.7 Å². The Morgan fingerprint density at radius 1 is 1.21 bits per heavy atom. The van der Waals surface area contributed by atoms with Gasteiger partial charge in [-0.1, -0.05) is 17.4 Å². The first-order valence-electron chi connectivity index (χ1n) is 8.62. The number of thiazole rings is 1. The Bertz CT molecular complexity index is 1310. The normalized spacial score (nSPS) is 14.2. The minimum absolute atomic E-state index is 0.00159. The van der Waals surface area contributed by atoms with Crippen LogP contribution in [0.4, 0.5) is 0 Å². The highest BCUT2D eigenvalue weighted by atomic mass is 32.2. The van der Waals surface area contributed by atoms with Gasteiger partial charge in [0.25, 0.3) is 5.91 Å². The molecule has 2 aromatic carbocycles. The number of sulfonamides is 1. The molecule has 2 heterocycles. The van der Waals surface area contributed by atoms with Gasteiger partial charge in [-0.15, -0.1) is 6.58 Å². The molecule has 10 heteroatoms. The Balaban J connectivity index is 1.81. The number of rotatable bonds is 4. The van der Waals surface area contributed by atoms with Crippen LogP contribution in [-0.4, -0.2) is 32.1 Å². The number of primary sulfonamides is 1. The zero-order chi connectivity index (χ0) is 20.6. The van der Waals surface area contributed by atoms with Gasteiger partial charge < -0.3 is 14.0 Å². The zero-order valence-electron chi connectivity index (χ0n) is 15.2. The number of benzene rings is 2. The molecule has 0 spiro atoms. The summed E-state index contributed by atoms with van der Waals surface area (Å²) in [4.78, 5) is 17.4. The number of allylic oxidation sites excluding steroid dienone is 1. The Labute approximate surface area is 170 Å². The van der Waals surface area contributed by atoms with Crippen molar-refractivity contribution in [2.45, 2.75) is 11.4 Å². The molecule has 4 rings (SSSR count). The third-order valence-corrected chi connectivity index (χ3v) is 6.23. The number of hydrogen-bond acceptors (Lipinski definition) is 6. The lowest BCUT2D eigenvalue weighted by Gasteiger charge is -2.18. The van der Waals surface area contributed by atoms with Gasteiger partial charge in [0.15, 0.2) is 16.3 Å². The lowest BCUT2D eigenvalue weighted by atomic mass is 10.2. The minimum Gasteiger partial charge on any atom is -0.486 e. The van der Waals surface area contributed by atoms with E-state index in [-0.39, 0.29) is 4.90 Å². The largest absolute Gasteiger partial charge is 0.486 e. The lowest BCUT2D eigenvalue weighted by Crippen LogP contribution is -2.17. The Morgan fingerprint density at radius 2 is 1.97 bits per heavy atom. The molecule has 0 saturated heterocycles. The Hall–Kier alpha value is -2.95. The van der Waals surface area contributed by atoms with Gasteiger partial charge in [-0.05, 0) is 36.4 Å². The summed E-state index contributed by atoms with van der Waals surface area (Å²) < 4.78 is 36.7. The van der Waals surface area contributed by atoms with Crippen molar-refractivity contribution in [3.63, 3.8) is 0 Å². The van der Waals surface area contributed by atoms with Crippen molar-refractivity contribution in [3.05, 3.63) is 59.4 Å². The van der Waals surface area contributed by atoms with E-state index >= 15 is 0 Å². The summed E-state index contributed by atoms with van der Waals surface area (Å²) in [5, 5.41) is 5.22. The molecule has 2 N–H and O–H groups in total. The third-order valence-electron chi connectivity index (χ3n) is 4.28. The molecule has 0 saturated carbocycles. The summed E-state index contributed by atoms with van der Waals surface area (Å²) in [6.45, 7) is 5.03. The molecule has 0 aliphatic carbocycles. The molecule has 0 unspecified atom stereocenters. The number of nitrogens with zero attached hydrogens (tertiary/aromatic N) is 2. The Morgan fingerprint density at radius 3 is 2.69 bits per heavy atom. The summed E-state index contributed by atoms with van der Waals surface area (Å²) in [7, 11) is -3.83. The van der Waals surface area contributed by atoms with E-state index in [2.05, 4.69) is 11.6 Å². The monoisotopic (exact) mass is 431 g/mol. The van der Waals surface area contributed by atoms with Crippen LogP contribution in [0, 0.1) is 0 Å². The molecule has 150 valence electrons. The number of carbonyl (C=O) groups is 1. The van der Waals surface area contributed by atoms with E-state index in [0.717, 1.165) is 5.52 Å². The summed E-state index contributed by atoms with van der Waals surface area (Å²) in [6.07, 6.45) is 1.67. The standard InChI is InChI=1S/C19H17N3O5S2/c1-2-7-22-14-5-4-13(29(20,24)25)11-17(14)28-19(22)21-18(23)12-3-6-15-16(10-12)27-9-8-26-15/h2-6,10-11H,1,7-9H2,(H2,20,24,25). The summed E-state index contributed by atoms with van der Waals surface area (Å²) >= 11 is 1.20. The van der Waals surface area contributed by atoms with Crippen molar-refractivity contribution >= 4 is 37.5 Å². The van der Waals surface area contributed by atoms with Crippen LogP contribution in [-0.2, 0) is 16.6 Å². The second kappa shape index (κ2) is 7.47. The molecule has 3 aromatic rings. The molecular weight excluding hydrogens is 414 g/mol. The molecule has 1 aromatic heterocycles. The fourth-order valence-corrected chi connectivity index (χ4v) is 4.64. The first kappa shape index (κ1) is 19.4. The van der Waals surface area contributed by atoms with E-state index in [1.54, 1.807) is 34.9 Å². The van der Waals surface area contributed by atoms with Crippen molar-refractivity contribution in [1.82, 2.24) is 4.57 Å². The molecule has 0 fully saturated rings. The summed E-state index contributed by atoms with van der Waals surface area (Å²) in [5.41, 5.74) is 1.10. The van der Waals surface area contributed by atoms with Crippen LogP contribution in [0.3, 0.4) is 0 Å². The van der Waals surface area contributed by atoms with Crippen LogP contribution in [0.1, 0.15) is 10.4 Å². The van der Waals surface area contributed by atoms with E-state index < -0.39 is 15.9 Å². The molecule has 8 nitrogen and oxygen atoms in total. The Kier molecular flexibility index (Phi) is 4.99. The third kappa shape index (κ3) is 3.82. The van der Waals surface area contributed by atoms with Crippen molar-refractivity contribution in [3.8, 4) is 11.5 Å². The molecule has 0 radical (unpaired) electrons. The number of fused-ring (bicyclic) bond motifs is 2. The van der Waals surface area contributed by atoms with Crippen molar-refractivity contribution in [1.29, 1.82) is 0 Å². The predicted molar refractivity (Wildman–Crippen MR) is 109 cm³/mol. The number of ether oxygens (including phenoxy) is 2. The second-order valence-electron chi connectivity index (χ2n) is 6.23. The van der Waals surface area contributed by atoms with Crippen LogP contribution >= 0.6 is 11.3 Å². The highest BCUT2D eigenvalue weighted by Crippen LogP contribution is 2.31.